The van der Waals surface area contributed by atoms with Gasteiger partial charge in [-0.05, 0) is 36.2 Å². The molecule has 0 fully saturated rings. The molecular formula is C18H21FN2O3S. The van der Waals surface area contributed by atoms with E-state index in [9.17, 15) is 17.6 Å². The molecule has 0 unspecified atom stereocenters. The number of hydrogen-bond donors (Lipinski definition) is 1. The van der Waals surface area contributed by atoms with Crippen LogP contribution in [0.15, 0.2) is 48.5 Å². The Morgan fingerprint density at radius 2 is 1.76 bits per heavy atom. The van der Waals surface area contributed by atoms with Crippen LogP contribution in [0.5, 0.6) is 0 Å². The van der Waals surface area contributed by atoms with E-state index in [0.29, 0.717) is 5.69 Å². The van der Waals surface area contributed by atoms with Gasteiger partial charge < -0.3 is 5.32 Å². The Hall–Kier alpha value is -2.41. The van der Waals surface area contributed by atoms with E-state index in [4.69, 9.17) is 0 Å². The highest BCUT2D eigenvalue weighted by atomic mass is 32.2. The first-order chi connectivity index (χ1) is 11.8. The summed E-state index contributed by atoms with van der Waals surface area (Å²) in [6, 6.07) is 12.8. The zero-order valence-corrected chi connectivity index (χ0v) is 15.0. The number of hydrogen-bond acceptors (Lipinski definition) is 3. The van der Waals surface area contributed by atoms with Gasteiger partial charge in [0.15, 0.2) is 0 Å². The second kappa shape index (κ2) is 8.11. The topological polar surface area (TPSA) is 66.5 Å². The van der Waals surface area contributed by atoms with Crippen LogP contribution in [0.2, 0.25) is 0 Å². The molecule has 5 nitrogen and oxygen atoms in total. The van der Waals surface area contributed by atoms with Gasteiger partial charge in [0, 0.05) is 6.54 Å². The fourth-order valence-corrected chi connectivity index (χ4v) is 3.32. The number of carbonyl (C=O) groups excluding carboxylic acids is 1. The normalized spacial score (nSPS) is 11.2. The molecule has 0 aliphatic rings. The van der Waals surface area contributed by atoms with E-state index in [0.717, 1.165) is 18.2 Å². The summed E-state index contributed by atoms with van der Waals surface area (Å²) in [5.41, 5.74) is 1.56. The van der Waals surface area contributed by atoms with Crippen molar-refractivity contribution in [3.63, 3.8) is 0 Å². The molecule has 1 N–H and O–H groups in total. The maximum atomic E-state index is 13.6. The summed E-state index contributed by atoms with van der Waals surface area (Å²) in [6.07, 6.45) is 1.97. The van der Waals surface area contributed by atoms with Gasteiger partial charge in [-0.15, -0.1) is 0 Å². The summed E-state index contributed by atoms with van der Waals surface area (Å²) in [6.45, 7) is 2.14. The van der Waals surface area contributed by atoms with E-state index in [-0.39, 0.29) is 18.7 Å². The first-order valence-corrected chi connectivity index (χ1v) is 9.77. The highest BCUT2D eigenvalue weighted by Crippen LogP contribution is 2.18. The molecular weight excluding hydrogens is 343 g/mol. The second-order valence-corrected chi connectivity index (χ2v) is 7.50. The molecule has 0 bridgehead atoms. The third kappa shape index (κ3) is 5.03. The number of nitrogens with one attached hydrogen (secondary N) is 1. The van der Waals surface area contributed by atoms with Crippen LogP contribution in [-0.4, -0.2) is 33.7 Å². The molecule has 25 heavy (non-hydrogen) atoms. The number of anilines is 1. The van der Waals surface area contributed by atoms with Gasteiger partial charge in [-0.2, -0.15) is 0 Å². The number of amides is 1. The third-order valence-electron chi connectivity index (χ3n) is 3.75. The number of benzene rings is 2. The molecule has 0 heterocycles. The Balaban J connectivity index is 2.06. The predicted molar refractivity (Wildman–Crippen MR) is 96.7 cm³/mol. The lowest BCUT2D eigenvalue weighted by Gasteiger charge is -2.22. The van der Waals surface area contributed by atoms with E-state index < -0.39 is 21.7 Å². The standard InChI is InChI=1S/C18H21FN2O3S/c1-3-14-8-10-15(11-9-14)21(25(2,23)24)13-12-20-18(22)16-6-4-5-7-17(16)19/h4-11H,3,12-13H2,1-2H3,(H,20,22). The number of halogens is 1. The van der Waals surface area contributed by atoms with Crippen molar-refractivity contribution in [3.05, 3.63) is 65.5 Å². The summed E-state index contributed by atoms with van der Waals surface area (Å²) < 4.78 is 38.9. The zero-order valence-electron chi connectivity index (χ0n) is 14.2. The summed E-state index contributed by atoms with van der Waals surface area (Å²) >= 11 is 0. The number of sulfonamides is 1. The van der Waals surface area contributed by atoms with Gasteiger partial charge in [-0.3, -0.25) is 9.10 Å². The van der Waals surface area contributed by atoms with Crippen molar-refractivity contribution in [1.82, 2.24) is 5.32 Å². The zero-order chi connectivity index (χ0) is 18.4. The SMILES string of the molecule is CCc1ccc(N(CCNC(=O)c2ccccc2F)S(C)(=O)=O)cc1. The van der Waals surface area contributed by atoms with Crippen molar-refractivity contribution in [2.75, 3.05) is 23.7 Å². The van der Waals surface area contributed by atoms with Gasteiger partial charge in [-0.25, -0.2) is 12.8 Å². The minimum Gasteiger partial charge on any atom is -0.350 e. The van der Waals surface area contributed by atoms with Crippen molar-refractivity contribution in [1.29, 1.82) is 0 Å². The molecule has 0 aliphatic heterocycles. The molecule has 0 aromatic heterocycles. The number of aryl methyl sites for hydroxylation is 1. The lowest BCUT2D eigenvalue weighted by Crippen LogP contribution is -2.38. The third-order valence-corrected chi connectivity index (χ3v) is 4.95. The highest BCUT2D eigenvalue weighted by Gasteiger charge is 2.18. The van der Waals surface area contributed by atoms with Crippen LogP contribution < -0.4 is 9.62 Å². The molecule has 0 aliphatic carbocycles. The van der Waals surface area contributed by atoms with E-state index in [2.05, 4.69) is 5.32 Å². The van der Waals surface area contributed by atoms with E-state index >= 15 is 0 Å². The van der Waals surface area contributed by atoms with E-state index in [1.807, 2.05) is 19.1 Å². The largest absolute Gasteiger partial charge is 0.350 e. The second-order valence-electron chi connectivity index (χ2n) is 5.59. The van der Waals surface area contributed by atoms with Crippen LogP contribution in [0.4, 0.5) is 10.1 Å². The van der Waals surface area contributed by atoms with Gasteiger partial charge in [0.1, 0.15) is 5.82 Å². The molecule has 0 spiro atoms. The number of rotatable bonds is 7. The summed E-state index contributed by atoms with van der Waals surface area (Å²) in [4.78, 5) is 12.0. The van der Waals surface area contributed by atoms with Gasteiger partial charge in [0.05, 0.1) is 24.1 Å². The molecule has 1 amide bonds. The summed E-state index contributed by atoms with van der Waals surface area (Å²) in [7, 11) is -3.50. The van der Waals surface area contributed by atoms with Gasteiger partial charge >= 0.3 is 0 Å². The fraction of sp³-hybridized carbons (Fsp3) is 0.278. The van der Waals surface area contributed by atoms with Crippen LogP contribution in [0.1, 0.15) is 22.8 Å². The smallest absolute Gasteiger partial charge is 0.254 e. The summed E-state index contributed by atoms with van der Waals surface area (Å²) in [5.74, 6) is -1.19. The van der Waals surface area contributed by atoms with Crippen molar-refractivity contribution in [3.8, 4) is 0 Å². The van der Waals surface area contributed by atoms with Gasteiger partial charge in [0.25, 0.3) is 5.91 Å². The first-order valence-electron chi connectivity index (χ1n) is 7.92. The quantitative estimate of drug-likeness (QED) is 0.821. The molecule has 2 aromatic rings. The first kappa shape index (κ1) is 18.9. The Morgan fingerprint density at radius 1 is 1.12 bits per heavy atom. The lowest BCUT2D eigenvalue weighted by atomic mass is 10.1. The lowest BCUT2D eigenvalue weighted by molar-refractivity contribution is 0.0951. The molecule has 0 radical (unpaired) electrons. The Kier molecular flexibility index (Phi) is 6.14. The van der Waals surface area contributed by atoms with E-state index in [1.54, 1.807) is 18.2 Å². The van der Waals surface area contributed by atoms with Crippen molar-refractivity contribution in [2.24, 2.45) is 0 Å². The average molecular weight is 364 g/mol. The van der Waals surface area contributed by atoms with E-state index in [1.165, 1.54) is 22.5 Å². The average Bonchev–Trinajstić information content (AvgIpc) is 2.58. The Labute approximate surface area is 147 Å². The van der Waals surface area contributed by atoms with Crippen molar-refractivity contribution in [2.45, 2.75) is 13.3 Å². The molecule has 7 heteroatoms. The molecule has 2 aromatic carbocycles. The van der Waals surface area contributed by atoms with Crippen LogP contribution in [0.3, 0.4) is 0 Å². The molecule has 0 saturated heterocycles. The monoisotopic (exact) mass is 364 g/mol. The molecule has 2 rings (SSSR count). The Morgan fingerprint density at radius 3 is 2.32 bits per heavy atom. The van der Waals surface area contributed by atoms with Gasteiger partial charge in [-0.1, -0.05) is 31.2 Å². The molecule has 134 valence electrons. The summed E-state index contributed by atoms with van der Waals surface area (Å²) in [5, 5.41) is 2.55. The minimum atomic E-state index is -3.50. The van der Waals surface area contributed by atoms with Crippen LogP contribution >= 0.6 is 0 Å². The van der Waals surface area contributed by atoms with Crippen LogP contribution in [0.25, 0.3) is 0 Å². The molecule has 0 atom stereocenters. The van der Waals surface area contributed by atoms with Crippen molar-refractivity contribution >= 4 is 21.6 Å². The number of carbonyl (C=O) groups is 1. The maximum Gasteiger partial charge on any atom is 0.254 e. The fourth-order valence-electron chi connectivity index (χ4n) is 2.40. The predicted octanol–water partition coefficient (Wildman–Crippen LogP) is 2.58. The Bertz CT molecular complexity index is 836. The van der Waals surface area contributed by atoms with Crippen molar-refractivity contribution < 1.29 is 17.6 Å². The maximum absolute atomic E-state index is 13.6. The highest BCUT2D eigenvalue weighted by molar-refractivity contribution is 7.92. The number of nitrogens with zero attached hydrogens (tertiary/aromatic N) is 1. The van der Waals surface area contributed by atoms with Gasteiger partial charge in [0.2, 0.25) is 10.0 Å². The van der Waals surface area contributed by atoms with Crippen LogP contribution in [0, 0.1) is 5.82 Å². The minimum absolute atomic E-state index is 0.0600. The molecule has 0 saturated carbocycles. The van der Waals surface area contributed by atoms with Crippen LogP contribution in [-0.2, 0) is 16.4 Å².